The van der Waals surface area contributed by atoms with Crippen LogP contribution in [-0.2, 0) is 16.0 Å². The first kappa shape index (κ1) is 17.9. The summed E-state index contributed by atoms with van der Waals surface area (Å²) in [5.74, 6) is 1.42. The minimum Gasteiger partial charge on any atom is -0.378 e. The molecule has 1 N–H and O–H groups in total. The Morgan fingerprint density at radius 2 is 2.00 bits per heavy atom. The zero-order valence-electron chi connectivity index (χ0n) is 17.1. The van der Waals surface area contributed by atoms with E-state index in [0.29, 0.717) is 12.3 Å². The van der Waals surface area contributed by atoms with E-state index in [1.165, 1.54) is 36.9 Å². The van der Waals surface area contributed by atoms with Gasteiger partial charge in [-0.2, -0.15) is 9.61 Å². The summed E-state index contributed by atoms with van der Waals surface area (Å²) in [6, 6.07) is 8.37. The second-order valence-electron chi connectivity index (χ2n) is 8.64. The summed E-state index contributed by atoms with van der Waals surface area (Å²) in [6.45, 7) is 1.67. The molecule has 7 heteroatoms. The fourth-order valence-corrected chi connectivity index (χ4v) is 5.12. The van der Waals surface area contributed by atoms with Gasteiger partial charge in [0.1, 0.15) is 0 Å². The van der Waals surface area contributed by atoms with Crippen LogP contribution in [0.2, 0.25) is 0 Å². The Bertz CT molecular complexity index is 1140. The van der Waals surface area contributed by atoms with Crippen LogP contribution < -0.4 is 10.2 Å². The van der Waals surface area contributed by atoms with Crippen LogP contribution in [0.1, 0.15) is 42.9 Å². The van der Waals surface area contributed by atoms with E-state index < -0.39 is 0 Å². The van der Waals surface area contributed by atoms with Crippen LogP contribution in [0.25, 0.3) is 16.6 Å². The van der Waals surface area contributed by atoms with Gasteiger partial charge in [-0.15, -0.1) is 0 Å². The molecule has 1 aliphatic carbocycles. The number of methoxy groups -OCH3 is 1. The molecule has 30 heavy (non-hydrogen) atoms. The molecule has 6 rings (SSSR count). The van der Waals surface area contributed by atoms with Gasteiger partial charge >= 0.3 is 0 Å². The highest BCUT2D eigenvalue weighted by Gasteiger charge is 2.32. The fourth-order valence-electron chi connectivity index (χ4n) is 5.12. The Balaban J connectivity index is 1.51. The van der Waals surface area contributed by atoms with E-state index >= 15 is 0 Å². The molecule has 0 spiro atoms. The van der Waals surface area contributed by atoms with Crippen LogP contribution in [-0.4, -0.2) is 46.8 Å². The Hall–Kier alpha value is -2.93. The summed E-state index contributed by atoms with van der Waals surface area (Å²) < 4.78 is 7.47. The van der Waals surface area contributed by atoms with Crippen LogP contribution in [0.4, 0.5) is 11.6 Å². The van der Waals surface area contributed by atoms with Gasteiger partial charge in [0.15, 0.2) is 0 Å². The predicted octanol–water partition coefficient (Wildman–Crippen LogP) is 3.38. The number of hydrogen-bond donors (Lipinski definition) is 1. The van der Waals surface area contributed by atoms with E-state index in [2.05, 4.69) is 33.4 Å². The second kappa shape index (κ2) is 6.80. The number of ether oxygens (including phenoxy) is 1. The van der Waals surface area contributed by atoms with Crippen LogP contribution in [0.5, 0.6) is 0 Å². The number of carbonyl (C=O) groups excluding carboxylic acids is 1. The number of fused-ring (bicyclic) bond motifs is 2. The van der Waals surface area contributed by atoms with Gasteiger partial charge in [-0.05, 0) is 42.2 Å². The van der Waals surface area contributed by atoms with Crippen molar-refractivity contribution in [2.24, 2.45) is 0 Å². The average molecular weight is 403 g/mol. The van der Waals surface area contributed by atoms with Gasteiger partial charge in [-0.3, -0.25) is 4.79 Å². The number of hydrogen-bond acceptors (Lipinski definition) is 5. The topological polar surface area (TPSA) is 71.8 Å². The molecule has 1 saturated carbocycles. The summed E-state index contributed by atoms with van der Waals surface area (Å²) in [5, 5.41) is 8.06. The van der Waals surface area contributed by atoms with E-state index in [1.54, 1.807) is 7.11 Å². The van der Waals surface area contributed by atoms with Crippen molar-refractivity contribution in [2.75, 3.05) is 30.4 Å². The van der Waals surface area contributed by atoms with Gasteiger partial charge in [0, 0.05) is 43.6 Å². The summed E-state index contributed by atoms with van der Waals surface area (Å²) in [6.07, 6.45) is 7.46. The summed E-state index contributed by atoms with van der Waals surface area (Å²) in [7, 11) is 1.76. The monoisotopic (exact) mass is 403 g/mol. The van der Waals surface area contributed by atoms with E-state index in [0.717, 1.165) is 41.4 Å². The standard InChI is InChI=1S/C23H25N5O2/c1-30-17-12-27(13-17)23-24-9-8-19-21(22(26-28(19)23)14-4-2-3-5-14)15-6-7-18-16(10-15)11-20(29)25-18/h6-10,14,17H,2-5,11-13H2,1H3,(H,25,29). The summed E-state index contributed by atoms with van der Waals surface area (Å²) in [5.41, 5.74) is 6.57. The third-order valence-corrected chi connectivity index (χ3v) is 6.79. The number of nitrogens with zero attached hydrogens (tertiary/aromatic N) is 4. The van der Waals surface area contributed by atoms with Crippen LogP contribution in [0, 0.1) is 0 Å². The summed E-state index contributed by atoms with van der Waals surface area (Å²) in [4.78, 5) is 18.7. The number of carbonyl (C=O) groups is 1. The maximum Gasteiger partial charge on any atom is 0.228 e. The molecule has 7 nitrogen and oxygen atoms in total. The molecule has 0 bridgehead atoms. The fraction of sp³-hybridized carbons (Fsp3) is 0.435. The van der Waals surface area contributed by atoms with Gasteiger partial charge in [-0.25, -0.2) is 4.98 Å². The Labute approximate surface area is 175 Å². The first-order valence-electron chi connectivity index (χ1n) is 10.8. The Kier molecular flexibility index (Phi) is 4.06. The van der Waals surface area contributed by atoms with Crippen molar-refractivity contribution in [3.8, 4) is 11.1 Å². The number of benzene rings is 1. The van der Waals surface area contributed by atoms with Crippen molar-refractivity contribution < 1.29 is 9.53 Å². The van der Waals surface area contributed by atoms with Crippen molar-refractivity contribution in [3.05, 3.63) is 41.7 Å². The first-order valence-corrected chi connectivity index (χ1v) is 10.8. The number of anilines is 2. The average Bonchev–Trinajstić information content (AvgIpc) is 3.43. The zero-order chi connectivity index (χ0) is 20.2. The van der Waals surface area contributed by atoms with Crippen molar-refractivity contribution >= 4 is 23.1 Å². The van der Waals surface area contributed by atoms with E-state index in [9.17, 15) is 4.79 Å². The van der Waals surface area contributed by atoms with Crippen molar-refractivity contribution in [3.63, 3.8) is 0 Å². The quantitative estimate of drug-likeness (QED) is 0.723. The van der Waals surface area contributed by atoms with Gasteiger partial charge in [0.05, 0.1) is 23.7 Å². The summed E-state index contributed by atoms with van der Waals surface area (Å²) >= 11 is 0. The molecule has 2 aromatic heterocycles. The largest absolute Gasteiger partial charge is 0.378 e. The zero-order valence-corrected chi connectivity index (χ0v) is 17.1. The second-order valence-corrected chi connectivity index (χ2v) is 8.64. The van der Waals surface area contributed by atoms with Gasteiger partial charge in [0.2, 0.25) is 11.9 Å². The van der Waals surface area contributed by atoms with Gasteiger partial charge in [0.25, 0.3) is 0 Å². The van der Waals surface area contributed by atoms with E-state index in [-0.39, 0.29) is 12.0 Å². The lowest BCUT2D eigenvalue weighted by Gasteiger charge is -2.38. The smallest absolute Gasteiger partial charge is 0.228 e. The normalized spacial score (nSPS) is 19.4. The minimum atomic E-state index is 0.0648. The molecule has 0 atom stereocenters. The molecule has 154 valence electrons. The Morgan fingerprint density at radius 1 is 1.17 bits per heavy atom. The molecular weight excluding hydrogens is 378 g/mol. The molecule has 3 aromatic rings. The third kappa shape index (κ3) is 2.72. The van der Waals surface area contributed by atoms with Crippen LogP contribution >= 0.6 is 0 Å². The molecule has 1 aromatic carbocycles. The van der Waals surface area contributed by atoms with E-state index in [1.807, 2.05) is 16.8 Å². The van der Waals surface area contributed by atoms with Gasteiger partial charge < -0.3 is 15.0 Å². The molecule has 0 unspecified atom stereocenters. The molecule has 4 heterocycles. The Morgan fingerprint density at radius 3 is 2.80 bits per heavy atom. The third-order valence-electron chi connectivity index (χ3n) is 6.79. The molecule has 0 radical (unpaired) electrons. The number of nitrogens with one attached hydrogen (secondary N) is 1. The number of amides is 1. The molecule has 1 saturated heterocycles. The molecule has 2 aliphatic heterocycles. The number of aromatic nitrogens is 3. The predicted molar refractivity (Wildman–Crippen MR) is 115 cm³/mol. The SMILES string of the molecule is COC1CN(c2nccc3c(-c4ccc5c(c4)CC(=O)N5)c(C4CCCC4)nn23)C1. The first-order chi connectivity index (χ1) is 14.7. The van der Waals surface area contributed by atoms with Crippen molar-refractivity contribution in [2.45, 2.75) is 44.1 Å². The molecular formula is C23H25N5O2. The molecule has 2 fully saturated rings. The highest BCUT2D eigenvalue weighted by atomic mass is 16.5. The number of rotatable bonds is 4. The lowest BCUT2D eigenvalue weighted by Crippen LogP contribution is -2.53. The van der Waals surface area contributed by atoms with E-state index in [4.69, 9.17) is 9.84 Å². The maximum atomic E-state index is 11.8. The van der Waals surface area contributed by atoms with Crippen molar-refractivity contribution in [1.29, 1.82) is 0 Å². The minimum absolute atomic E-state index is 0.0648. The van der Waals surface area contributed by atoms with Crippen LogP contribution in [0.3, 0.4) is 0 Å². The highest BCUT2D eigenvalue weighted by molar-refractivity contribution is 6.00. The lowest BCUT2D eigenvalue weighted by molar-refractivity contribution is -0.115. The van der Waals surface area contributed by atoms with Crippen LogP contribution in [0.15, 0.2) is 30.5 Å². The molecule has 3 aliphatic rings. The molecule has 1 amide bonds. The lowest BCUT2D eigenvalue weighted by atomic mass is 9.93. The van der Waals surface area contributed by atoms with Gasteiger partial charge in [-0.1, -0.05) is 18.9 Å². The highest BCUT2D eigenvalue weighted by Crippen LogP contribution is 2.42. The van der Waals surface area contributed by atoms with Crippen molar-refractivity contribution in [1.82, 2.24) is 14.6 Å². The maximum absolute atomic E-state index is 11.8.